The predicted molar refractivity (Wildman–Crippen MR) is 110 cm³/mol. The number of nitrogens with zero attached hydrogens (tertiary/aromatic N) is 2. The van der Waals surface area contributed by atoms with Gasteiger partial charge in [-0.1, -0.05) is 29.3 Å². The maximum Gasteiger partial charge on any atom is 0.339 e. The number of esters is 1. The van der Waals surface area contributed by atoms with Gasteiger partial charge in [-0.05, 0) is 42.8 Å². The summed E-state index contributed by atoms with van der Waals surface area (Å²) < 4.78 is 32.1. The number of halogens is 2. The third-order valence-electron chi connectivity index (χ3n) is 4.73. The summed E-state index contributed by atoms with van der Waals surface area (Å²) in [5, 5.41) is 0.791. The number of anilines is 1. The number of benzene rings is 2. The van der Waals surface area contributed by atoms with Gasteiger partial charge in [-0.25, -0.2) is 13.2 Å². The van der Waals surface area contributed by atoms with Crippen molar-refractivity contribution >= 4 is 44.9 Å². The van der Waals surface area contributed by atoms with E-state index in [0.29, 0.717) is 31.2 Å². The number of aryl methyl sites for hydroxylation is 1. The first-order valence-electron chi connectivity index (χ1n) is 8.63. The van der Waals surface area contributed by atoms with Crippen LogP contribution >= 0.6 is 23.2 Å². The topological polar surface area (TPSA) is 66.9 Å². The van der Waals surface area contributed by atoms with Crippen LogP contribution in [0.2, 0.25) is 10.0 Å². The van der Waals surface area contributed by atoms with E-state index < -0.39 is 16.0 Å². The molecule has 2 aromatic rings. The van der Waals surface area contributed by atoms with Gasteiger partial charge in [-0.3, -0.25) is 0 Å². The fourth-order valence-electron chi connectivity index (χ4n) is 3.17. The highest BCUT2D eigenvalue weighted by molar-refractivity contribution is 7.89. The van der Waals surface area contributed by atoms with E-state index in [-0.39, 0.29) is 15.5 Å². The predicted octanol–water partition coefficient (Wildman–Crippen LogP) is 3.60. The molecule has 0 aliphatic carbocycles. The highest BCUT2D eigenvalue weighted by Gasteiger charge is 2.30. The molecule has 0 amide bonds. The third kappa shape index (κ3) is 4.12. The van der Waals surface area contributed by atoms with Crippen LogP contribution < -0.4 is 4.90 Å². The van der Waals surface area contributed by atoms with E-state index in [2.05, 4.69) is 9.64 Å². The average molecular weight is 443 g/mol. The van der Waals surface area contributed by atoms with Gasteiger partial charge in [0.15, 0.2) is 0 Å². The van der Waals surface area contributed by atoms with Gasteiger partial charge in [0.25, 0.3) is 0 Å². The number of carbonyl (C=O) groups is 1. The van der Waals surface area contributed by atoms with E-state index in [1.807, 2.05) is 25.1 Å². The molecular formula is C19H20Cl2N2O4S. The third-order valence-corrected chi connectivity index (χ3v) is 7.19. The molecule has 1 aliphatic heterocycles. The minimum Gasteiger partial charge on any atom is -0.465 e. The number of piperazine rings is 1. The molecule has 0 bridgehead atoms. The van der Waals surface area contributed by atoms with Crippen molar-refractivity contribution in [1.29, 1.82) is 0 Å². The Balaban J connectivity index is 1.80. The van der Waals surface area contributed by atoms with Crippen molar-refractivity contribution < 1.29 is 17.9 Å². The Morgan fingerprint density at radius 2 is 1.71 bits per heavy atom. The number of sulfonamides is 1. The molecule has 150 valence electrons. The van der Waals surface area contributed by atoms with Crippen molar-refractivity contribution in [3.8, 4) is 0 Å². The van der Waals surface area contributed by atoms with Gasteiger partial charge in [0, 0.05) is 36.9 Å². The van der Waals surface area contributed by atoms with Gasteiger partial charge in [0.2, 0.25) is 10.0 Å². The Morgan fingerprint density at radius 1 is 1.04 bits per heavy atom. The van der Waals surface area contributed by atoms with Crippen LogP contribution in [-0.4, -0.2) is 52.0 Å². The zero-order valence-corrected chi connectivity index (χ0v) is 17.8. The SMILES string of the molecule is COC(=O)c1cc(S(=O)(=O)N2CCN(c3cc(Cl)ccc3C)CC2)ccc1Cl. The maximum atomic E-state index is 13.0. The minimum absolute atomic E-state index is 0.0182. The quantitative estimate of drug-likeness (QED) is 0.676. The molecule has 3 rings (SSSR count). The van der Waals surface area contributed by atoms with E-state index >= 15 is 0 Å². The first kappa shape index (κ1) is 20.9. The maximum absolute atomic E-state index is 13.0. The number of hydrogen-bond acceptors (Lipinski definition) is 5. The van der Waals surface area contributed by atoms with E-state index in [9.17, 15) is 13.2 Å². The second kappa shape index (κ2) is 8.29. The normalized spacial score (nSPS) is 15.5. The van der Waals surface area contributed by atoms with Crippen LogP contribution in [0.1, 0.15) is 15.9 Å². The Morgan fingerprint density at radius 3 is 2.36 bits per heavy atom. The molecule has 0 unspecified atom stereocenters. The molecule has 0 atom stereocenters. The van der Waals surface area contributed by atoms with Crippen LogP contribution in [0.4, 0.5) is 5.69 Å². The molecule has 0 saturated carbocycles. The van der Waals surface area contributed by atoms with E-state index in [0.717, 1.165) is 11.3 Å². The number of rotatable bonds is 4. The van der Waals surface area contributed by atoms with E-state index in [1.54, 1.807) is 0 Å². The number of ether oxygens (including phenoxy) is 1. The molecule has 0 aromatic heterocycles. The van der Waals surface area contributed by atoms with Gasteiger partial charge in [0.05, 0.1) is 22.6 Å². The van der Waals surface area contributed by atoms with Gasteiger partial charge in [0.1, 0.15) is 0 Å². The van der Waals surface area contributed by atoms with Gasteiger partial charge in [-0.15, -0.1) is 0 Å². The number of hydrogen-bond donors (Lipinski definition) is 0. The molecule has 2 aromatic carbocycles. The summed E-state index contributed by atoms with van der Waals surface area (Å²) in [4.78, 5) is 14.0. The van der Waals surface area contributed by atoms with Crippen molar-refractivity contribution in [3.05, 3.63) is 57.6 Å². The lowest BCUT2D eigenvalue weighted by molar-refractivity contribution is 0.0600. The lowest BCUT2D eigenvalue weighted by atomic mass is 10.1. The fraction of sp³-hybridized carbons (Fsp3) is 0.316. The Labute approximate surface area is 174 Å². The summed E-state index contributed by atoms with van der Waals surface area (Å²) in [5.74, 6) is -0.677. The Kier molecular flexibility index (Phi) is 6.19. The molecule has 9 heteroatoms. The summed E-state index contributed by atoms with van der Waals surface area (Å²) in [6.45, 7) is 3.72. The summed E-state index contributed by atoms with van der Waals surface area (Å²) >= 11 is 12.1. The molecule has 1 aliphatic rings. The lowest BCUT2D eigenvalue weighted by Crippen LogP contribution is -2.48. The molecular weight excluding hydrogens is 423 g/mol. The zero-order chi connectivity index (χ0) is 20.5. The highest BCUT2D eigenvalue weighted by Crippen LogP contribution is 2.28. The molecule has 0 spiro atoms. The smallest absolute Gasteiger partial charge is 0.339 e. The van der Waals surface area contributed by atoms with Gasteiger partial charge >= 0.3 is 5.97 Å². The summed E-state index contributed by atoms with van der Waals surface area (Å²) in [6.07, 6.45) is 0. The van der Waals surface area contributed by atoms with Crippen molar-refractivity contribution in [2.75, 3.05) is 38.2 Å². The van der Waals surface area contributed by atoms with Crippen LogP contribution in [0, 0.1) is 6.92 Å². The largest absolute Gasteiger partial charge is 0.465 e. The molecule has 1 saturated heterocycles. The van der Waals surface area contributed by atoms with Crippen molar-refractivity contribution in [3.63, 3.8) is 0 Å². The second-order valence-corrected chi connectivity index (χ2v) is 9.24. The van der Waals surface area contributed by atoms with E-state index in [1.165, 1.54) is 29.6 Å². The van der Waals surface area contributed by atoms with Crippen molar-refractivity contribution in [1.82, 2.24) is 4.31 Å². The Hall–Kier alpha value is -1.80. The molecule has 28 heavy (non-hydrogen) atoms. The van der Waals surface area contributed by atoms with Gasteiger partial charge in [-0.2, -0.15) is 4.31 Å². The first-order valence-corrected chi connectivity index (χ1v) is 10.8. The zero-order valence-electron chi connectivity index (χ0n) is 15.5. The summed E-state index contributed by atoms with van der Waals surface area (Å²) in [6, 6.07) is 9.73. The average Bonchev–Trinajstić information content (AvgIpc) is 2.69. The Bertz CT molecular complexity index is 1000. The molecule has 0 N–H and O–H groups in total. The molecule has 6 nitrogen and oxygen atoms in total. The minimum atomic E-state index is -3.75. The number of methoxy groups -OCH3 is 1. The second-order valence-electron chi connectivity index (χ2n) is 6.46. The summed E-state index contributed by atoms with van der Waals surface area (Å²) in [7, 11) is -2.53. The number of carbonyl (C=O) groups excluding carboxylic acids is 1. The highest BCUT2D eigenvalue weighted by atomic mass is 35.5. The fourth-order valence-corrected chi connectivity index (χ4v) is 4.98. The van der Waals surface area contributed by atoms with Crippen molar-refractivity contribution in [2.24, 2.45) is 0 Å². The molecule has 1 heterocycles. The summed E-state index contributed by atoms with van der Waals surface area (Å²) in [5.41, 5.74) is 2.11. The standard InChI is InChI=1S/C19H20Cl2N2O4S/c1-13-3-4-14(20)11-18(13)22-7-9-23(10-8-22)28(25,26)15-5-6-17(21)16(12-15)19(24)27-2/h3-6,11-12H,7-10H2,1-2H3. The lowest BCUT2D eigenvalue weighted by Gasteiger charge is -2.36. The van der Waals surface area contributed by atoms with Crippen LogP contribution in [0.25, 0.3) is 0 Å². The molecule has 1 fully saturated rings. The monoisotopic (exact) mass is 442 g/mol. The van der Waals surface area contributed by atoms with Crippen LogP contribution in [-0.2, 0) is 14.8 Å². The van der Waals surface area contributed by atoms with Crippen LogP contribution in [0.5, 0.6) is 0 Å². The van der Waals surface area contributed by atoms with Crippen molar-refractivity contribution in [2.45, 2.75) is 11.8 Å². The van der Waals surface area contributed by atoms with Crippen LogP contribution in [0.3, 0.4) is 0 Å². The van der Waals surface area contributed by atoms with E-state index in [4.69, 9.17) is 23.2 Å². The first-order chi connectivity index (χ1) is 13.2. The van der Waals surface area contributed by atoms with Crippen LogP contribution in [0.15, 0.2) is 41.3 Å². The van der Waals surface area contributed by atoms with Gasteiger partial charge < -0.3 is 9.64 Å². The molecule has 0 radical (unpaired) electrons.